The number of fused-ring (bicyclic) bond motifs is 1. The van der Waals surface area contributed by atoms with Crippen LogP contribution in [0.4, 0.5) is 13.2 Å². The Balaban J connectivity index is 1.67. The van der Waals surface area contributed by atoms with Crippen LogP contribution >= 0.6 is 11.3 Å². The number of pyridine rings is 1. The van der Waals surface area contributed by atoms with Gasteiger partial charge in [-0.3, -0.25) is 9.69 Å². The highest BCUT2D eigenvalue weighted by Gasteiger charge is 2.32. The van der Waals surface area contributed by atoms with Crippen molar-refractivity contribution < 1.29 is 18.0 Å². The van der Waals surface area contributed by atoms with E-state index in [0.29, 0.717) is 41.8 Å². The summed E-state index contributed by atoms with van der Waals surface area (Å²) in [6, 6.07) is 5.73. The lowest BCUT2D eigenvalue weighted by Crippen LogP contribution is -2.38. The molecule has 166 valence electrons. The zero-order valence-electron chi connectivity index (χ0n) is 17.4. The number of aromatic nitrogens is 3. The monoisotopic (exact) mass is 451 g/mol. The standard InChI is InChI=1S/C21H24F3N5OS/c1-14(2)29-19-16(12-25-29)15(11-17(26-19)18-5-3-10-31-18)20(30)28-7-4-6-27(8-9-28)13-21(22,23)24/h3,5,10-12,14H,4,6-9,13H2,1-2H3. The fourth-order valence-electron chi connectivity index (χ4n) is 3.88. The molecule has 0 saturated carbocycles. The molecule has 1 saturated heterocycles. The van der Waals surface area contributed by atoms with Crippen molar-refractivity contribution in [3.63, 3.8) is 0 Å². The predicted molar refractivity (Wildman–Crippen MR) is 114 cm³/mol. The van der Waals surface area contributed by atoms with Crippen molar-refractivity contribution >= 4 is 28.3 Å². The van der Waals surface area contributed by atoms with Gasteiger partial charge in [-0.15, -0.1) is 11.3 Å². The normalized spacial score (nSPS) is 16.3. The van der Waals surface area contributed by atoms with Gasteiger partial charge in [0.1, 0.15) is 0 Å². The number of nitrogens with zero attached hydrogens (tertiary/aromatic N) is 5. The second-order valence-corrected chi connectivity index (χ2v) is 8.94. The summed E-state index contributed by atoms with van der Waals surface area (Å²) in [6.07, 6.45) is -2.09. The van der Waals surface area contributed by atoms with E-state index in [1.54, 1.807) is 21.8 Å². The summed E-state index contributed by atoms with van der Waals surface area (Å²) in [5.74, 6) is -0.192. The number of halogens is 3. The fraction of sp³-hybridized carbons (Fsp3) is 0.476. The molecular formula is C21H24F3N5OS. The molecule has 31 heavy (non-hydrogen) atoms. The van der Waals surface area contributed by atoms with Crippen molar-refractivity contribution in [2.45, 2.75) is 32.5 Å². The number of carbonyl (C=O) groups is 1. The highest BCUT2D eigenvalue weighted by molar-refractivity contribution is 7.13. The van der Waals surface area contributed by atoms with E-state index >= 15 is 0 Å². The molecule has 0 atom stereocenters. The van der Waals surface area contributed by atoms with Gasteiger partial charge in [-0.2, -0.15) is 18.3 Å². The minimum absolute atomic E-state index is 0.0700. The van der Waals surface area contributed by atoms with Crippen LogP contribution in [0.15, 0.2) is 29.8 Å². The van der Waals surface area contributed by atoms with Gasteiger partial charge in [-0.05, 0) is 37.8 Å². The topological polar surface area (TPSA) is 54.3 Å². The van der Waals surface area contributed by atoms with E-state index in [9.17, 15) is 18.0 Å². The van der Waals surface area contributed by atoms with Gasteiger partial charge in [0, 0.05) is 32.2 Å². The molecular weight excluding hydrogens is 427 g/mol. The Kier molecular flexibility index (Phi) is 6.02. The fourth-order valence-corrected chi connectivity index (χ4v) is 4.57. The summed E-state index contributed by atoms with van der Waals surface area (Å²) >= 11 is 1.54. The third-order valence-corrected chi connectivity index (χ3v) is 6.23. The molecule has 0 aromatic carbocycles. The molecule has 0 N–H and O–H groups in total. The number of carbonyl (C=O) groups excluding carboxylic acids is 1. The number of alkyl halides is 3. The summed E-state index contributed by atoms with van der Waals surface area (Å²) in [7, 11) is 0. The first-order valence-corrected chi connectivity index (χ1v) is 11.1. The molecule has 10 heteroatoms. The lowest BCUT2D eigenvalue weighted by Gasteiger charge is -2.23. The highest BCUT2D eigenvalue weighted by atomic mass is 32.1. The summed E-state index contributed by atoms with van der Waals surface area (Å²) in [4.78, 5) is 22.2. The van der Waals surface area contributed by atoms with Crippen LogP contribution in [-0.4, -0.2) is 69.4 Å². The Bertz CT molecular complexity index is 1060. The maximum atomic E-state index is 13.5. The smallest absolute Gasteiger partial charge is 0.337 e. The summed E-state index contributed by atoms with van der Waals surface area (Å²) in [5.41, 5.74) is 1.82. The molecule has 3 aromatic heterocycles. The molecule has 0 spiro atoms. The minimum atomic E-state index is -4.24. The summed E-state index contributed by atoms with van der Waals surface area (Å²) in [5, 5.41) is 7.04. The van der Waals surface area contributed by atoms with Crippen molar-refractivity contribution in [3.8, 4) is 10.6 Å². The number of amides is 1. The third kappa shape index (κ3) is 4.74. The molecule has 0 bridgehead atoms. The van der Waals surface area contributed by atoms with Gasteiger partial charge >= 0.3 is 6.18 Å². The maximum Gasteiger partial charge on any atom is 0.401 e. The van der Waals surface area contributed by atoms with Gasteiger partial charge in [0.2, 0.25) is 0 Å². The second kappa shape index (κ2) is 8.58. The Morgan fingerprint density at radius 2 is 2.03 bits per heavy atom. The first kappa shape index (κ1) is 21.8. The molecule has 1 fully saturated rings. The van der Waals surface area contributed by atoms with Gasteiger partial charge in [0.15, 0.2) is 5.65 Å². The Hall–Kier alpha value is -2.46. The van der Waals surface area contributed by atoms with Gasteiger partial charge in [0.05, 0.1) is 34.3 Å². The molecule has 0 radical (unpaired) electrons. The van der Waals surface area contributed by atoms with Gasteiger partial charge < -0.3 is 4.90 Å². The largest absolute Gasteiger partial charge is 0.401 e. The Labute approximate surface area is 182 Å². The van der Waals surface area contributed by atoms with E-state index in [1.807, 2.05) is 31.4 Å². The maximum absolute atomic E-state index is 13.5. The molecule has 1 aliphatic heterocycles. The minimum Gasteiger partial charge on any atom is -0.337 e. The van der Waals surface area contributed by atoms with E-state index in [2.05, 4.69) is 5.10 Å². The second-order valence-electron chi connectivity index (χ2n) is 7.99. The van der Waals surface area contributed by atoms with Crippen LogP contribution in [-0.2, 0) is 0 Å². The SMILES string of the molecule is CC(C)n1ncc2c(C(=O)N3CCCN(CC(F)(F)F)CC3)cc(-c3cccs3)nc21. The van der Waals surface area contributed by atoms with Gasteiger partial charge in [0.25, 0.3) is 5.91 Å². The molecule has 1 amide bonds. The van der Waals surface area contributed by atoms with Crippen molar-refractivity contribution in [3.05, 3.63) is 35.3 Å². The zero-order valence-corrected chi connectivity index (χ0v) is 18.2. The Morgan fingerprint density at radius 3 is 2.71 bits per heavy atom. The van der Waals surface area contributed by atoms with Crippen LogP contribution < -0.4 is 0 Å². The predicted octanol–water partition coefficient (Wildman–Crippen LogP) is 4.45. The average molecular weight is 452 g/mol. The van der Waals surface area contributed by atoms with Crippen molar-refractivity contribution in [1.29, 1.82) is 0 Å². The van der Waals surface area contributed by atoms with Crippen LogP contribution in [0.3, 0.4) is 0 Å². The van der Waals surface area contributed by atoms with Crippen LogP contribution in [0, 0.1) is 0 Å². The lowest BCUT2D eigenvalue weighted by atomic mass is 10.1. The van der Waals surface area contributed by atoms with Crippen molar-refractivity contribution in [2.24, 2.45) is 0 Å². The first-order valence-electron chi connectivity index (χ1n) is 10.2. The van der Waals surface area contributed by atoms with E-state index in [0.717, 1.165) is 4.88 Å². The number of rotatable bonds is 4. The van der Waals surface area contributed by atoms with E-state index in [4.69, 9.17) is 4.98 Å². The van der Waals surface area contributed by atoms with E-state index < -0.39 is 12.7 Å². The quantitative estimate of drug-likeness (QED) is 0.588. The van der Waals surface area contributed by atoms with Crippen LogP contribution in [0.1, 0.15) is 36.7 Å². The van der Waals surface area contributed by atoms with Gasteiger partial charge in [-0.25, -0.2) is 9.67 Å². The number of thiophene rings is 1. The zero-order chi connectivity index (χ0) is 22.2. The van der Waals surface area contributed by atoms with Crippen molar-refractivity contribution in [1.82, 2.24) is 24.6 Å². The lowest BCUT2D eigenvalue weighted by molar-refractivity contribution is -0.145. The number of hydrogen-bond acceptors (Lipinski definition) is 5. The number of hydrogen-bond donors (Lipinski definition) is 0. The molecule has 4 rings (SSSR count). The third-order valence-electron chi connectivity index (χ3n) is 5.34. The molecule has 0 aliphatic carbocycles. The molecule has 6 nitrogen and oxygen atoms in total. The van der Waals surface area contributed by atoms with Gasteiger partial charge in [-0.1, -0.05) is 6.07 Å². The molecule has 3 aromatic rings. The van der Waals surface area contributed by atoms with E-state index in [1.165, 1.54) is 16.2 Å². The average Bonchev–Trinajstić information content (AvgIpc) is 3.32. The molecule has 0 unspecified atom stereocenters. The van der Waals surface area contributed by atoms with Crippen LogP contribution in [0.5, 0.6) is 0 Å². The van der Waals surface area contributed by atoms with Crippen molar-refractivity contribution in [2.75, 3.05) is 32.7 Å². The Morgan fingerprint density at radius 1 is 1.23 bits per heavy atom. The van der Waals surface area contributed by atoms with Crippen LogP contribution in [0.2, 0.25) is 0 Å². The molecule has 1 aliphatic rings. The molecule has 4 heterocycles. The highest BCUT2D eigenvalue weighted by Crippen LogP contribution is 2.30. The summed E-state index contributed by atoms with van der Waals surface area (Å²) in [6.45, 7) is 4.24. The van der Waals surface area contributed by atoms with Crippen LogP contribution in [0.25, 0.3) is 21.6 Å². The van der Waals surface area contributed by atoms with E-state index in [-0.39, 0.29) is 25.0 Å². The first-order chi connectivity index (χ1) is 14.7. The summed E-state index contributed by atoms with van der Waals surface area (Å²) < 4.78 is 40.1.